The summed E-state index contributed by atoms with van der Waals surface area (Å²) in [4.78, 5) is 2.33. The summed E-state index contributed by atoms with van der Waals surface area (Å²) in [5, 5.41) is 8.35. The molecule has 2 aliphatic carbocycles. The van der Waals surface area contributed by atoms with Crippen LogP contribution in [0.2, 0.25) is 0 Å². The fourth-order valence-electron chi connectivity index (χ4n) is 3.14. The van der Waals surface area contributed by atoms with Gasteiger partial charge in [-0.05, 0) is 43.9 Å². The zero-order chi connectivity index (χ0) is 13.5. The Kier molecular flexibility index (Phi) is 2.84. The Morgan fingerprint density at radius 2 is 2.05 bits per heavy atom. The minimum atomic E-state index is 0.475. The molecule has 1 saturated carbocycles. The van der Waals surface area contributed by atoms with Gasteiger partial charge in [0.15, 0.2) is 0 Å². The van der Waals surface area contributed by atoms with Crippen LogP contribution in [0.1, 0.15) is 54.1 Å². The minimum Gasteiger partial charge on any atom is -0.424 e. The summed E-state index contributed by atoms with van der Waals surface area (Å²) in [6.07, 6.45) is 4.75. The quantitative estimate of drug-likeness (QED) is 0.855. The van der Waals surface area contributed by atoms with Gasteiger partial charge in [0.05, 0.1) is 6.54 Å². The van der Waals surface area contributed by atoms with Crippen LogP contribution in [0.15, 0.2) is 28.7 Å². The molecular weight excluding hydrogens is 250 g/mol. The lowest BCUT2D eigenvalue weighted by Gasteiger charge is -2.23. The van der Waals surface area contributed by atoms with Gasteiger partial charge in [-0.15, -0.1) is 10.2 Å². The van der Waals surface area contributed by atoms with Gasteiger partial charge in [-0.25, -0.2) is 0 Å². The SMILES string of the molecule is CN(Cc1nnc(C2CC2)o1)[C@H]1CCc2ccccc21. The summed E-state index contributed by atoms with van der Waals surface area (Å²) in [6.45, 7) is 0.735. The van der Waals surface area contributed by atoms with Gasteiger partial charge in [-0.3, -0.25) is 4.90 Å². The first-order valence-electron chi connectivity index (χ1n) is 7.41. The van der Waals surface area contributed by atoms with E-state index in [0.717, 1.165) is 18.3 Å². The molecule has 0 bridgehead atoms. The molecule has 20 heavy (non-hydrogen) atoms. The normalized spacial score (nSPS) is 21.4. The molecule has 0 N–H and O–H groups in total. The molecule has 1 fully saturated rings. The van der Waals surface area contributed by atoms with Gasteiger partial charge in [0.25, 0.3) is 0 Å². The third-order valence-corrected chi connectivity index (χ3v) is 4.43. The highest BCUT2D eigenvalue weighted by molar-refractivity contribution is 5.34. The lowest BCUT2D eigenvalue weighted by molar-refractivity contribution is 0.212. The highest BCUT2D eigenvalue weighted by atomic mass is 16.4. The Labute approximate surface area is 118 Å². The first-order valence-corrected chi connectivity index (χ1v) is 7.41. The second-order valence-corrected chi connectivity index (χ2v) is 5.98. The van der Waals surface area contributed by atoms with E-state index in [1.165, 1.54) is 36.8 Å². The Balaban J connectivity index is 1.48. The van der Waals surface area contributed by atoms with E-state index in [9.17, 15) is 0 Å². The van der Waals surface area contributed by atoms with Crippen LogP contribution in [0, 0.1) is 0 Å². The molecule has 1 heterocycles. The number of hydrogen-bond donors (Lipinski definition) is 0. The van der Waals surface area contributed by atoms with Gasteiger partial charge in [-0.2, -0.15) is 0 Å². The van der Waals surface area contributed by atoms with Crippen LogP contribution in [0.4, 0.5) is 0 Å². The van der Waals surface area contributed by atoms with Crippen LogP contribution in [-0.4, -0.2) is 22.1 Å². The summed E-state index contributed by atoms with van der Waals surface area (Å²) in [5.74, 6) is 2.12. The largest absolute Gasteiger partial charge is 0.424 e. The van der Waals surface area contributed by atoms with E-state index in [2.05, 4.69) is 46.4 Å². The van der Waals surface area contributed by atoms with E-state index in [-0.39, 0.29) is 0 Å². The molecule has 0 unspecified atom stereocenters. The van der Waals surface area contributed by atoms with E-state index in [0.29, 0.717) is 12.0 Å². The molecule has 0 aliphatic heterocycles. The van der Waals surface area contributed by atoms with Crippen molar-refractivity contribution in [2.24, 2.45) is 0 Å². The summed E-state index contributed by atoms with van der Waals surface area (Å²) < 4.78 is 5.76. The maximum atomic E-state index is 5.76. The second kappa shape index (κ2) is 4.70. The predicted molar refractivity (Wildman–Crippen MR) is 75.2 cm³/mol. The summed E-state index contributed by atoms with van der Waals surface area (Å²) in [6, 6.07) is 9.21. The lowest BCUT2D eigenvalue weighted by atomic mass is 10.1. The van der Waals surface area contributed by atoms with Crippen LogP contribution < -0.4 is 0 Å². The molecule has 0 amide bonds. The van der Waals surface area contributed by atoms with Gasteiger partial charge < -0.3 is 4.42 Å². The Bertz CT molecular complexity index is 618. The Morgan fingerprint density at radius 3 is 2.90 bits per heavy atom. The van der Waals surface area contributed by atoms with E-state index < -0.39 is 0 Å². The van der Waals surface area contributed by atoms with E-state index in [1.807, 2.05) is 0 Å². The fourth-order valence-corrected chi connectivity index (χ4v) is 3.14. The number of aromatic nitrogens is 2. The molecule has 104 valence electrons. The topological polar surface area (TPSA) is 42.2 Å². The third kappa shape index (κ3) is 2.14. The molecule has 1 atom stereocenters. The monoisotopic (exact) mass is 269 g/mol. The van der Waals surface area contributed by atoms with Gasteiger partial charge in [-0.1, -0.05) is 24.3 Å². The zero-order valence-corrected chi connectivity index (χ0v) is 11.7. The summed E-state index contributed by atoms with van der Waals surface area (Å²) in [5.41, 5.74) is 2.94. The molecule has 0 spiro atoms. The number of aryl methyl sites for hydroxylation is 1. The molecule has 2 aliphatic rings. The predicted octanol–water partition coefficient (Wildman–Crippen LogP) is 3.07. The number of fused-ring (bicyclic) bond motifs is 1. The van der Waals surface area contributed by atoms with Crippen LogP contribution in [-0.2, 0) is 13.0 Å². The van der Waals surface area contributed by atoms with E-state index in [4.69, 9.17) is 4.42 Å². The molecule has 4 nitrogen and oxygen atoms in total. The van der Waals surface area contributed by atoms with Crippen molar-refractivity contribution in [3.8, 4) is 0 Å². The number of nitrogens with zero attached hydrogens (tertiary/aromatic N) is 3. The first-order chi connectivity index (χ1) is 9.81. The average Bonchev–Trinajstić information content (AvgIpc) is 3.06. The highest BCUT2D eigenvalue weighted by Crippen LogP contribution is 2.39. The Hall–Kier alpha value is -1.68. The molecule has 4 heteroatoms. The van der Waals surface area contributed by atoms with Crippen molar-refractivity contribution in [2.45, 2.75) is 44.2 Å². The maximum Gasteiger partial charge on any atom is 0.230 e. The van der Waals surface area contributed by atoms with Gasteiger partial charge in [0, 0.05) is 12.0 Å². The standard InChI is InChI=1S/C16H19N3O/c1-19(10-15-17-18-16(20-15)12-6-7-12)14-9-8-11-4-2-3-5-13(11)14/h2-5,12,14H,6-10H2,1H3/t14-/m0/s1. The van der Waals surface area contributed by atoms with Gasteiger partial charge in [0.1, 0.15) is 0 Å². The maximum absolute atomic E-state index is 5.76. The van der Waals surface area contributed by atoms with Crippen LogP contribution in [0.25, 0.3) is 0 Å². The Morgan fingerprint density at radius 1 is 1.20 bits per heavy atom. The lowest BCUT2D eigenvalue weighted by Crippen LogP contribution is -2.22. The van der Waals surface area contributed by atoms with Crippen LogP contribution in [0.3, 0.4) is 0 Å². The average molecular weight is 269 g/mol. The highest BCUT2D eigenvalue weighted by Gasteiger charge is 2.30. The third-order valence-electron chi connectivity index (χ3n) is 4.43. The van der Waals surface area contributed by atoms with Crippen LogP contribution in [0.5, 0.6) is 0 Å². The number of benzene rings is 1. The molecule has 0 radical (unpaired) electrons. The van der Waals surface area contributed by atoms with Crippen molar-refractivity contribution in [3.63, 3.8) is 0 Å². The minimum absolute atomic E-state index is 0.475. The van der Waals surface area contributed by atoms with Crippen LogP contribution >= 0.6 is 0 Å². The molecule has 1 aromatic carbocycles. The van der Waals surface area contributed by atoms with Crippen molar-refractivity contribution in [3.05, 3.63) is 47.2 Å². The molecule has 0 saturated heterocycles. The molecule has 4 rings (SSSR count). The van der Waals surface area contributed by atoms with E-state index in [1.54, 1.807) is 0 Å². The number of rotatable bonds is 4. The smallest absolute Gasteiger partial charge is 0.230 e. The van der Waals surface area contributed by atoms with Crippen molar-refractivity contribution in [1.29, 1.82) is 0 Å². The second-order valence-electron chi connectivity index (χ2n) is 5.98. The van der Waals surface area contributed by atoms with Crippen molar-refractivity contribution in [1.82, 2.24) is 15.1 Å². The molecular formula is C16H19N3O. The van der Waals surface area contributed by atoms with Crippen molar-refractivity contribution < 1.29 is 4.42 Å². The number of hydrogen-bond acceptors (Lipinski definition) is 4. The van der Waals surface area contributed by atoms with Crippen molar-refractivity contribution >= 4 is 0 Å². The van der Waals surface area contributed by atoms with Gasteiger partial charge >= 0.3 is 0 Å². The molecule has 1 aromatic heterocycles. The fraction of sp³-hybridized carbons (Fsp3) is 0.500. The van der Waals surface area contributed by atoms with Gasteiger partial charge in [0.2, 0.25) is 11.8 Å². The first kappa shape index (κ1) is 12.1. The van der Waals surface area contributed by atoms with E-state index >= 15 is 0 Å². The molecule has 2 aromatic rings. The van der Waals surface area contributed by atoms with Crippen molar-refractivity contribution in [2.75, 3.05) is 7.05 Å². The summed E-state index contributed by atoms with van der Waals surface area (Å²) in [7, 11) is 2.15. The summed E-state index contributed by atoms with van der Waals surface area (Å²) >= 11 is 0. The zero-order valence-electron chi connectivity index (χ0n) is 11.7.